The van der Waals surface area contributed by atoms with Gasteiger partial charge in [-0.2, -0.15) is 0 Å². The number of carbonyl (C=O) groups excluding carboxylic acids is 2. The molecular weight excluding hydrogens is 272 g/mol. The van der Waals surface area contributed by atoms with E-state index in [1.165, 1.54) is 0 Å². The number of carboxylic acid groups (broad SMARTS) is 1. The highest BCUT2D eigenvalue weighted by Gasteiger charge is 2.32. The van der Waals surface area contributed by atoms with Crippen molar-refractivity contribution in [3.8, 4) is 0 Å². The summed E-state index contributed by atoms with van der Waals surface area (Å²) in [7, 11) is 0. The minimum Gasteiger partial charge on any atom is -0.481 e. The Balaban J connectivity index is 1.76. The van der Waals surface area contributed by atoms with Crippen molar-refractivity contribution in [3.63, 3.8) is 0 Å². The predicted molar refractivity (Wildman–Crippen MR) is 76.6 cm³/mol. The summed E-state index contributed by atoms with van der Waals surface area (Å²) in [6, 6.07) is -0.318. The Morgan fingerprint density at radius 3 is 2.05 bits per heavy atom. The van der Waals surface area contributed by atoms with Crippen LogP contribution in [-0.4, -0.2) is 41.0 Å². The van der Waals surface area contributed by atoms with Crippen molar-refractivity contribution in [1.29, 1.82) is 0 Å². The van der Waals surface area contributed by atoms with E-state index < -0.39 is 5.97 Å². The number of amides is 3. The molecule has 0 spiro atoms. The van der Waals surface area contributed by atoms with Crippen LogP contribution in [0, 0.1) is 17.8 Å². The smallest absolute Gasteiger partial charge is 0.324 e. The van der Waals surface area contributed by atoms with Crippen LogP contribution in [0.2, 0.25) is 0 Å². The number of aliphatic carboxylic acids is 1. The Morgan fingerprint density at radius 2 is 1.62 bits per heavy atom. The lowest BCUT2D eigenvalue weighted by Crippen LogP contribution is -2.45. The van der Waals surface area contributed by atoms with Crippen LogP contribution in [0.15, 0.2) is 0 Å². The number of urea groups is 1. The Bertz CT molecular complexity index is 402. The van der Waals surface area contributed by atoms with E-state index in [4.69, 9.17) is 5.11 Å². The summed E-state index contributed by atoms with van der Waals surface area (Å²) >= 11 is 0. The summed E-state index contributed by atoms with van der Waals surface area (Å²) < 4.78 is 0. The molecule has 118 valence electrons. The molecule has 0 heterocycles. The first kappa shape index (κ1) is 15.8. The van der Waals surface area contributed by atoms with Crippen molar-refractivity contribution in [2.75, 3.05) is 13.1 Å². The second kappa shape index (κ2) is 6.91. The first-order valence-corrected chi connectivity index (χ1v) is 7.74. The fourth-order valence-corrected chi connectivity index (χ4v) is 2.40. The number of nitrogens with zero attached hydrogens (tertiary/aromatic N) is 1. The molecule has 21 heavy (non-hydrogen) atoms. The van der Waals surface area contributed by atoms with E-state index in [0.717, 1.165) is 38.8 Å². The second-order valence-corrected chi connectivity index (χ2v) is 6.55. The molecule has 2 fully saturated rings. The Hall–Kier alpha value is -1.59. The third-order valence-corrected chi connectivity index (χ3v) is 3.94. The molecule has 2 aliphatic carbocycles. The van der Waals surface area contributed by atoms with Crippen molar-refractivity contribution in [1.82, 2.24) is 10.2 Å². The molecule has 0 aromatic carbocycles. The van der Waals surface area contributed by atoms with Gasteiger partial charge in [-0.25, -0.2) is 4.79 Å². The monoisotopic (exact) mass is 296 g/mol. The van der Waals surface area contributed by atoms with E-state index in [2.05, 4.69) is 5.32 Å². The average molecular weight is 296 g/mol. The molecule has 0 aliphatic heterocycles. The van der Waals surface area contributed by atoms with Crippen molar-refractivity contribution < 1.29 is 19.5 Å². The first-order chi connectivity index (χ1) is 9.94. The molecule has 2 N–H and O–H groups in total. The zero-order chi connectivity index (χ0) is 15.4. The van der Waals surface area contributed by atoms with Gasteiger partial charge in [0.15, 0.2) is 0 Å². The molecule has 1 unspecified atom stereocenters. The maximum absolute atomic E-state index is 12.2. The van der Waals surface area contributed by atoms with Crippen LogP contribution >= 0.6 is 0 Å². The summed E-state index contributed by atoms with van der Waals surface area (Å²) in [5.74, 6) is -0.391. The van der Waals surface area contributed by atoms with Crippen molar-refractivity contribution in [3.05, 3.63) is 0 Å². The lowest BCUT2D eigenvalue weighted by molar-refractivity contribution is -0.138. The molecule has 0 saturated heterocycles. The topological polar surface area (TPSA) is 86.7 Å². The van der Waals surface area contributed by atoms with E-state index in [0.29, 0.717) is 11.8 Å². The van der Waals surface area contributed by atoms with Crippen molar-refractivity contribution in [2.24, 2.45) is 17.8 Å². The normalized spacial score (nSPS) is 18.9. The van der Waals surface area contributed by atoms with E-state index in [9.17, 15) is 14.4 Å². The van der Waals surface area contributed by atoms with E-state index in [1.807, 2.05) is 0 Å². The number of hydrogen-bond acceptors (Lipinski definition) is 3. The molecule has 2 aliphatic rings. The van der Waals surface area contributed by atoms with Gasteiger partial charge < -0.3 is 10.0 Å². The van der Waals surface area contributed by atoms with E-state index in [1.54, 1.807) is 11.8 Å². The van der Waals surface area contributed by atoms with Crippen LogP contribution in [-0.2, 0) is 9.59 Å². The SMILES string of the molecule is CC(CC(=O)O)CC(=O)NC(=O)N(CC1CC1)CC1CC1. The number of carbonyl (C=O) groups is 3. The number of carboxylic acids is 1. The van der Waals surface area contributed by atoms with E-state index >= 15 is 0 Å². The van der Waals surface area contributed by atoms with Gasteiger partial charge in [0, 0.05) is 25.9 Å². The summed E-state index contributed by atoms with van der Waals surface area (Å²) in [6.45, 7) is 3.17. The zero-order valence-corrected chi connectivity index (χ0v) is 12.5. The van der Waals surface area contributed by atoms with Crippen LogP contribution in [0.25, 0.3) is 0 Å². The molecule has 0 aromatic heterocycles. The summed E-state index contributed by atoms with van der Waals surface area (Å²) in [5.41, 5.74) is 0. The van der Waals surface area contributed by atoms with Gasteiger partial charge in [0.05, 0.1) is 0 Å². The van der Waals surface area contributed by atoms with E-state index in [-0.39, 0.29) is 30.7 Å². The maximum Gasteiger partial charge on any atom is 0.324 e. The first-order valence-electron chi connectivity index (χ1n) is 7.74. The van der Waals surface area contributed by atoms with Gasteiger partial charge in [-0.1, -0.05) is 6.92 Å². The van der Waals surface area contributed by atoms with Crippen LogP contribution in [0.4, 0.5) is 4.79 Å². The zero-order valence-electron chi connectivity index (χ0n) is 12.5. The standard InChI is InChI=1S/C15H24N2O4/c1-10(7-14(19)20)6-13(18)16-15(21)17(8-11-2-3-11)9-12-4-5-12/h10-12H,2-9H2,1H3,(H,19,20)(H,16,18,21). The quantitative estimate of drug-likeness (QED) is 0.715. The molecule has 1 atom stereocenters. The number of nitrogens with one attached hydrogen (secondary N) is 1. The Morgan fingerprint density at radius 1 is 1.10 bits per heavy atom. The predicted octanol–water partition coefficient (Wildman–Crippen LogP) is 1.85. The Kier molecular flexibility index (Phi) is 5.20. The second-order valence-electron chi connectivity index (χ2n) is 6.55. The fourth-order valence-electron chi connectivity index (χ4n) is 2.40. The largest absolute Gasteiger partial charge is 0.481 e. The van der Waals surface area contributed by atoms with Crippen LogP contribution < -0.4 is 5.32 Å². The van der Waals surface area contributed by atoms with Gasteiger partial charge in [-0.15, -0.1) is 0 Å². The van der Waals surface area contributed by atoms with Gasteiger partial charge in [-0.3, -0.25) is 14.9 Å². The van der Waals surface area contributed by atoms with Crippen LogP contribution in [0.5, 0.6) is 0 Å². The van der Waals surface area contributed by atoms with Crippen molar-refractivity contribution in [2.45, 2.75) is 45.4 Å². The van der Waals surface area contributed by atoms with Gasteiger partial charge in [-0.05, 0) is 43.4 Å². The molecule has 6 heteroatoms. The summed E-state index contributed by atoms with van der Waals surface area (Å²) in [4.78, 5) is 36.3. The highest BCUT2D eigenvalue weighted by Crippen LogP contribution is 2.33. The number of hydrogen-bond donors (Lipinski definition) is 2. The van der Waals surface area contributed by atoms with Crippen LogP contribution in [0.3, 0.4) is 0 Å². The lowest BCUT2D eigenvalue weighted by Gasteiger charge is -2.22. The molecule has 3 amide bonds. The summed E-state index contributed by atoms with van der Waals surface area (Å²) in [5, 5.41) is 11.1. The number of imide groups is 1. The third kappa shape index (κ3) is 6.14. The van der Waals surface area contributed by atoms with Crippen LogP contribution in [0.1, 0.15) is 45.4 Å². The van der Waals surface area contributed by atoms with Gasteiger partial charge >= 0.3 is 12.0 Å². The minimum atomic E-state index is -0.925. The third-order valence-electron chi connectivity index (χ3n) is 3.94. The molecule has 0 radical (unpaired) electrons. The maximum atomic E-state index is 12.2. The molecule has 0 bridgehead atoms. The van der Waals surface area contributed by atoms with Crippen molar-refractivity contribution >= 4 is 17.9 Å². The van der Waals surface area contributed by atoms with Gasteiger partial charge in [0.25, 0.3) is 0 Å². The highest BCUT2D eigenvalue weighted by atomic mass is 16.4. The highest BCUT2D eigenvalue weighted by molar-refractivity contribution is 5.94. The number of rotatable bonds is 8. The molecule has 6 nitrogen and oxygen atoms in total. The Labute approximate surface area is 124 Å². The lowest BCUT2D eigenvalue weighted by atomic mass is 10.0. The fraction of sp³-hybridized carbons (Fsp3) is 0.800. The molecule has 0 aromatic rings. The molecule has 2 saturated carbocycles. The minimum absolute atomic E-state index is 0.0600. The molecule has 2 rings (SSSR count). The van der Waals surface area contributed by atoms with Gasteiger partial charge in [0.2, 0.25) is 5.91 Å². The summed E-state index contributed by atoms with van der Waals surface area (Å²) in [6.07, 6.45) is 4.67. The molecular formula is C15H24N2O4. The van der Waals surface area contributed by atoms with Gasteiger partial charge in [0.1, 0.15) is 0 Å². The average Bonchev–Trinajstić information content (AvgIpc) is 3.21.